The molecule has 0 spiro atoms. The Bertz CT molecular complexity index is 502. The fourth-order valence-corrected chi connectivity index (χ4v) is 2.41. The maximum Gasteiger partial charge on any atom is 0.138 e. The minimum atomic E-state index is -0.116. The van der Waals surface area contributed by atoms with Gasteiger partial charge in [0, 0.05) is 30.9 Å². The Labute approximate surface area is 139 Å². The van der Waals surface area contributed by atoms with Crippen molar-refractivity contribution in [1.82, 2.24) is 10.6 Å². The summed E-state index contributed by atoms with van der Waals surface area (Å²) in [4.78, 5) is 11.8. The van der Waals surface area contributed by atoms with Gasteiger partial charge in [0.2, 0.25) is 0 Å². The summed E-state index contributed by atoms with van der Waals surface area (Å²) < 4.78 is 0. The number of rotatable bonds is 7. The summed E-state index contributed by atoms with van der Waals surface area (Å²) in [6, 6.07) is 7.51. The highest BCUT2D eigenvalue weighted by atomic mass is 35.5. The van der Waals surface area contributed by atoms with E-state index in [1.54, 1.807) is 6.92 Å². The van der Waals surface area contributed by atoms with Crippen LogP contribution in [-0.2, 0) is 4.79 Å². The number of carbonyl (C=O) groups excluding carboxylic acids is 1. The Morgan fingerprint density at radius 1 is 1.23 bits per heavy atom. The number of halogens is 1. The average molecular weight is 323 g/mol. The molecule has 2 N–H and O–H groups in total. The predicted molar refractivity (Wildman–Crippen MR) is 94.4 cm³/mol. The SMILES string of the molecule is CC.CNC(CNCC(C(C)=O)c1ccc(Cl)cc1)=C1CC1. The number of allylic oxidation sites excluding steroid dienone is 1. The molecule has 1 aliphatic carbocycles. The van der Waals surface area contributed by atoms with Crippen LogP contribution in [0, 0.1) is 0 Å². The highest BCUT2D eigenvalue weighted by molar-refractivity contribution is 6.30. The lowest BCUT2D eigenvalue weighted by atomic mass is 9.95. The molecule has 1 aromatic carbocycles. The van der Waals surface area contributed by atoms with Crippen molar-refractivity contribution >= 4 is 17.4 Å². The highest BCUT2D eigenvalue weighted by Crippen LogP contribution is 2.30. The van der Waals surface area contributed by atoms with Crippen molar-refractivity contribution in [1.29, 1.82) is 0 Å². The number of Topliss-reactive ketones (excluding diaryl/α,β-unsaturated/α-hetero) is 1. The molecule has 1 atom stereocenters. The minimum absolute atomic E-state index is 0.116. The monoisotopic (exact) mass is 322 g/mol. The molecule has 1 aromatic rings. The van der Waals surface area contributed by atoms with Gasteiger partial charge in [0.1, 0.15) is 5.78 Å². The van der Waals surface area contributed by atoms with Crippen LogP contribution in [0.4, 0.5) is 0 Å². The zero-order valence-corrected chi connectivity index (χ0v) is 14.8. The van der Waals surface area contributed by atoms with Gasteiger partial charge in [-0.15, -0.1) is 0 Å². The van der Waals surface area contributed by atoms with Gasteiger partial charge in [-0.2, -0.15) is 0 Å². The molecule has 0 aromatic heterocycles. The van der Waals surface area contributed by atoms with Crippen molar-refractivity contribution in [2.45, 2.75) is 39.5 Å². The second-order valence-corrected chi connectivity index (χ2v) is 5.61. The first-order chi connectivity index (χ1) is 10.6. The molecule has 0 radical (unpaired) electrons. The smallest absolute Gasteiger partial charge is 0.138 e. The van der Waals surface area contributed by atoms with Crippen LogP contribution in [0.3, 0.4) is 0 Å². The summed E-state index contributed by atoms with van der Waals surface area (Å²) in [6.07, 6.45) is 2.40. The van der Waals surface area contributed by atoms with Gasteiger partial charge in [-0.3, -0.25) is 4.79 Å². The van der Waals surface area contributed by atoms with Crippen molar-refractivity contribution in [2.75, 3.05) is 20.1 Å². The largest absolute Gasteiger partial charge is 0.390 e. The number of benzene rings is 1. The minimum Gasteiger partial charge on any atom is -0.390 e. The van der Waals surface area contributed by atoms with Crippen LogP contribution in [-0.4, -0.2) is 25.9 Å². The van der Waals surface area contributed by atoms with E-state index in [4.69, 9.17) is 11.6 Å². The fourth-order valence-electron chi connectivity index (χ4n) is 2.29. The zero-order chi connectivity index (χ0) is 16.5. The third-order valence-electron chi connectivity index (χ3n) is 3.64. The van der Waals surface area contributed by atoms with E-state index < -0.39 is 0 Å². The van der Waals surface area contributed by atoms with E-state index in [1.165, 1.54) is 24.1 Å². The molecule has 22 heavy (non-hydrogen) atoms. The van der Waals surface area contributed by atoms with Crippen LogP contribution in [0.2, 0.25) is 5.02 Å². The molecule has 0 saturated heterocycles. The molecule has 1 unspecified atom stereocenters. The molecule has 0 amide bonds. The Morgan fingerprint density at radius 3 is 2.27 bits per heavy atom. The van der Waals surface area contributed by atoms with E-state index in [0.29, 0.717) is 11.6 Å². The maximum absolute atomic E-state index is 11.8. The highest BCUT2D eigenvalue weighted by Gasteiger charge is 2.19. The van der Waals surface area contributed by atoms with Gasteiger partial charge in [-0.25, -0.2) is 0 Å². The fraction of sp³-hybridized carbons (Fsp3) is 0.500. The molecule has 1 saturated carbocycles. The van der Waals surface area contributed by atoms with E-state index in [9.17, 15) is 4.79 Å². The molecule has 3 nitrogen and oxygen atoms in total. The molecule has 0 bridgehead atoms. The first-order valence-electron chi connectivity index (χ1n) is 7.97. The standard InChI is InChI=1S/C16H21ClN2O.C2H6/c1-11(20)15(12-5-7-14(17)8-6-12)9-19-10-16(18-2)13-3-4-13;1-2/h5-8,15,18-19H,3-4,9-10H2,1-2H3;1-2H3. The van der Waals surface area contributed by atoms with Crippen LogP contribution in [0.1, 0.15) is 45.1 Å². The molecule has 4 heteroatoms. The molecule has 1 aliphatic rings. The molecule has 0 heterocycles. The lowest BCUT2D eigenvalue weighted by molar-refractivity contribution is -0.118. The summed E-state index contributed by atoms with van der Waals surface area (Å²) in [5.74, 6) is 0.0551. The lowest BCUT2D eigenvalue weighted by Gasteiger charge is -2.16. The first kappa shape index (κ1) is 18.7. The Kier molecular flexibility index (Phi) is 8.21. The molecule has 2 rings (SSSR count). The van der Waals surface area contributed by atoms with Crippen LogP contribution >= 0.6 is 11.6 Å². The lowest BCUT2D eigenvalue weighted by Crippen LogP contribution is -2.30. The van der Waals surface area contributed by atoms with Crippen molar-refractivity contribution in [2.24, 2.45) is 0 Å². The molecule has 0 aliphatic heterocycles. The second kappa shape index (κ2) is 9.65. The van der Waals surface area contributed by atoms with Crippen LogP contribution in [0.15, 0.2) is 35.5 Å². The molecule has 122 valence electrons. The summed E-state index contributed by atoms with van der Waals surface area (Å²) >= 11 is 5.89. The Hall–Kier alpha value is -1.32. The van der Waals surface area contributed by atoms with E-state index >= 15 is 0 Å². The maximum atomic E-state index is 11.8. The molecule has 1 fully saturated rings. The number of nitrogens with one attached hydrogen (secondary N) is 2. The van der Waals surface area contributed by atoms with Gasteiger partial charge in [0.15, 0.2) is 0 Å². The van der Waals surface area contributed by atoms with Gasteiger partial charge in [0.05, 0.1) is 5.92 Å². The second-order valence-electron chi connectivity index (χ2n) is 5.18. The van der Waals surface area contributed by atoms with E-state index in [1.807, 2.05) is 45.2 Å². The van der Waals surface area contributed by atoms with Gasteiger partial charge >= 0.3 is 0 Å². The van der Waals surface area contributed by atoms with Crippen molar-refractivity contribution in [3.63, 3.8) is 0 Å². The molecular weight excluding hydrogens is 296 g/mol. The first-order valence-corrected chi connectivity index (χ1v) is 8.35. The van der Waals surface area contributed by atoms with E-state index in [2.05, 4.69) is 10.6 Å². The Balaban J connectivity index is 0.00000116. The van der Waals surface area contributed by atoms with Gasteiger partial charge in [-0.05, 0) is 43.0 Å². The summed E-state index contributed by atoms with van der Waals surface area (Å²) in [5, 5.41) is 7.30. The number of hydrogen-bond donors (Lipinski definition) is 2. The topological polar surface area (TPSA) is 41.1 Å². The summed E-state index contributed by atoms with van der Waals surface area (Å²) in [5.41, 5.74) is 3.77. The van der Waals surface area contributed by atoms with Crippen molar-refractivity contribution < 1.29 is 4.79 Å². The van der Waals surface area contributed by atoms with Gasteiger partial charge < -0.3 is 10.6 Å². The Morgan fingerprint density at radius 2 is 1.82 bits per heavy atom. The van der Waals surface area contributed by atoms with Gasteiger partial charge in [0.25, 0.3) is 0 Å². The van der Waals surface area contributed by atoms with Gasteiger partial charge in [-0.1, -0.05) is 37.6 Å². The predicted octanol–water partition coefficient (Wildman–Crippen LogP) is 3.90. The van der Waals surface area contributed by atoms with Crippen LogP contribution in [0.25, 0.3) is 0 Å². The molecular formula is C18H27ClN2O. The zero-order valence-electron chi connectivity index (χ0n) is 14.0. The number of ketones is 1. The van der Waals surface area contributed by atoms with E-state index in [0.717, 1.165) is 12.1 Å². The summed E-state index contributed by atoms with van der Waals surface area (Å²) in [7, 11) is 1.95. The number of carbonyl (C=O) groups is 1. The third-order valence-corrected chi connectivity index (χ3v) is 3.89. The van der Waals surface area contributed by atoms with Crippen molar-refractivity contribution in [3.8, 4) is 0 Å². The average Bonchev–Trinajstić information content (AvgIpc) is 3.35. The van der Waals surface area contributed by atoms with E-state index in [-0.39, 0.29) is 11.7 Å². The quantitative estimate of drug-likeness (QED) is 0.800. The van der Waals surface area contributed by atoms with Crippen molar-refractivity contribution in [3.05, 3.63) is 46.1 Å². The van der Waals surface area contributed by atoms with Crippen LogP contribution < -0.4 is 10.6 Å². The number of likely N-dealkylation sites (N-methyl/N-ethyl adjacent to an activating group) is 1. The number of hydrogen-bond acceptors (Lipinski definition) is 3. The normalized spacial score (nSPS) is 13.8. The van der Waals surface area contributed by atoms with Crippen LogP contribution in [0.5, 0.6) is 0 Å². The summed E-state index contributed by atoms with van der Waals surface area (Å²) in [6.45, 7) is 7.08. The third kappa shape index (κ3) is 5.82.